The van der Waals surface area contributed by atoms with Crippen LogP contribution in [-0.4, -0.2) is 49.4 Å². The zero-order valence-electron chi connectivity index (χ0n) is 17.3. The number of rotatable bonds is 4. The number of piperidine rings is 1. The first-order chi connectivity index (χ1) is 13.9. The number of nitrogens with zero attached hydrogens (tertiary/aromatic N) is 4. The number of hydrogen-bond donors (Lipinski definition) is 0. The number of sulfonamides is 1. The van der Waals surface area contributed by atoms with Gasteiger partial charge in [0.1, 0.15) is 17.4 Å². The van der Waals surface area contributed by atoms with Crippen molar-refractivity contribution >= 4 is 15.8 Å². The Hall–Kier alpha value is -2.19. The van der Waals surface area contributed by atoms with Crippen molar-refractivity contribution in [3.63, 3.8) is 0 Å². The molecule has 0 N–H and O–H groups in total. The molecule has 3 heterocycles. The lowest BCUT2D eigenvalue weighted by molar-refractivity contribution is 0.383. The number of benzene rings is 1. The van der Waals surface area contributed by atoms with Crippen LogP contribution in [0.15, 0.2) is 29.2 Å². The Balaban J connectivity index is 1.65. The van der Waals surface area contributed by atoms with E-state index in [9.17, 15) is 8.42 Å². The predicted octanol–water partition coefficient (Wildman–Crippen LogP) is 2.78. The highest BCUT2D eigenvalue weighted by Gasteiger charge is 2.32. The normalized spacial score (nSPS) is 18.5. The van der Waals surface area contributed by atoms with Gasteiger partial charge in [-0.15, -0.1) is 0 Å². The summed E-state index contributed by atoms with van der Waals surface area (Å²) in [6, 6.07) is 6.56. The van der Waals surface area contributed by atoms with Crippen LogP contribution in [-0.2, 0) is 23.0 Å². The van der Waals surface area contributed by atoms with Crippen LogP contribution in [0.1, 0.15) is 36.8 Å². The molecule has 7 nitrogen and oxygen atoms in total. The van der Waals surface area contributed by atoms with Crippen LogP contribution >= 0.6 is 0 Å². The Labute approximate surface area is 172 Å². The van der Waals surface area contributed by atoms with Crippen LogP contribution in [0, 0.1) is 12.8 Å². The lowest BCUT2D eigenvalue weighted by atomic mass is 9.98. The second-order valence-corrected chi connectivity index (χ2v) is 9.89. The number of ether oxygens (including phenoxy) is 1. The maximum atomic E-state index is 13.2. The van der Waals surface area contributed by atoms with Crippen molar-refractivity contribution in [1.29, 1.82) is 0 Å². The van der Waals surface area contributed by atoms with Crippen molar-refractivity contribution < 1.29 is 13.2 Å². The zero-order chi connectivity index (χ0) is 20.6. The summed E-state index contributed by atoms with van der Waals surface area (Å²) < 4.78 is 33.1. The molecule has 0 spiro atoms. The molecule has 2 aliphatic heterocycles. The van der Waals surface area contributed by atoms with Crippen LogP contribution in [0.4, 0.5) is 5.82 Å². The molecule has 0 aliphatic carbocycles. The van der Waals surface area contributed by atoms with Crippen molar-refractivity contribution in [2.24, 2.45) is 5.92 Å². The molecule has 156 valence electrons. The number of aryl methyl sites for hydroxylation is 1. The first kappa shape index (κ1) is 20.1. The van der Waals surface area contributed by atoms with Crippen molar-refractivity contribution in [2.45, 2.75) is 44.6 Å². The smallest absolute Gasteiger partial charge is 0.243 e. The Morgan fingerprint density at radius 3 is 2.41 bits per heavy atom. The van der Waals surface area contributed by atoms with Crippen LogP contribution in [0.25, 0.3) is 0 Å². The van der Waals surface area contributed by atoms with Crippen LogP contribution in [0.2, 0.25) is 0 Å². The van der Waals surface area contributed by atoms with E-state index in [1.807, 2.05) is 6.92 Å². The molecule has 1 fully saturated rings. The van der Waals surface area contributed by atoms with Crippen molar-refractivity contribution in [3.05, 3.63) is 41.3 Å². The van der Waals surface area contributed by atoms with Crippen LogP contribution in [0.3, 0.4) is 0 Å². The second kappa shape index (κ2) is 7.91. The summed E-state index contributed by atoms with van der Waals surface area (Å²) in [5.74, 6) is 3.02. The monoisotopic (exact) mass is 416 g/mol. The molecule has 29 heavy (non-hydrogen) atoms. The molecule has 1 aromatic carbocycles. The van der Waals surface area contributed by atoms with E-state index in [1.54, 1.807) is 35.7 Å². The summed E-state index contributed by atoms with van der Waals surface area (Å²) in [6.07, 6.45) is 2.86. The van der Waals surface area contributed by atoms with Gasteiger partial charge in [-0.25, -0.2) is 18.4 Å². The van der Waals surface area contributed by atoms with Gasteiger partial charge in [0, 0.05) is 38.2 Å². The fraction of sp³-hybridized carbons (Fsp3) is 0.524. The average molecular weight is 417 g/mol. The molecular formula is C21H28N4O3S. The molecule has 0 bridgehead atoms. The van der Waals surface area contributed by atoms with Gasteiger partial charge in [-0.05, 0) is 49.9 Å². The highest BCUT2D eigenvalue weighted by molar-refractivity contribution is 7.89. The molecule has 0 amide bonds. The van der Waals surface area contributed by atoms with Crippen molar-refractivity contribution in [2.75, 3.05) is 31.6 Å². The fourth-order valence-corrected chi connectivity index (χ4v) is 5.49. The number of hydrogen-bond acceptors (Lipinski definition) is 6. The SMILES string of the molecule is COc1ccc(S(=O)(=O)N2CCc3nc(C)nc(N4CCC(C)CC4)c3C2)cc1. The number of aromatic nitrogens is 2. The molecule has 2 aromatic rings. The second-order valence-electron chi connectivity index (χ2n) is 7.95. The molecule has 0 unspecified atom stereocenters. The highest BCUT2D eigenvalue weighted by Crippen LogP contribution is 2.32. The Morgan fingerprint density at radius 1 is 1.07 bits per heavy atom. The standard InChI is InChI=1S/C21H28N4O3S/c1-15-8-11-24(12-9-15)21-19-14-25(13-10-20(19)22-16(2)23-21)29(26,27)18-6-4-17(28-3)5-7-18/h4-7,15H,8-14H2,1-3H3. The minimum atomic E-state index is -3.59. The summed E-state index contributed by atoms with van der Waals surface area (Å²) in [7, 11) is -2.03. The minimum Gasteiger partial charge on any atom is -0.497 e. The quantitative estimate of drug-likeness (QED) is 0.763. The molecule has 4 rings (SSSR count). The maximum absolute atomic E-state index is 13.2. The van der Waals surface area contributed by atoms with Gasteiger partial charge in [-0.2, -0.15) is 4.31 Å². The van der Waals surface area contributed by atoms with E-state index in [0.29, 0.717) is 25.3 Å². The molecular weight excluding hydrogens is 388 g/mol. The highest BCUT2D eigenvalue weighted by atomic mass is 32.2. The number of fused-ring (bicyclic) bond motifs is 1. The van der Waals surface area contributed by atoms with E-state index in [-0.39, 0.29) is 4.90 Å². The summed E-state index contributed by atoms with van der Waals surface area (Å²) in [6.45, 7) is 6.84. The van der Waals surface area contributed by atoms with Gasteiger partial charge in [-0.1, -0.05) is 6.92 Å². The Morgan fingerprint density at radius 2 is 1.76 bits per heavy atom. The van der Waals surface area contributed by atoms with Crippen LogP contribution < -0.4 is 9.64 Å². The third-order valence-electron chi connectivity index (χ3n) is 5.90. The number of anilines is 1. The zero-order valence-corrected chi connectivity index (χ0v) is 18.1. The molecule has 0 atom stereocenters. The van der Waals surface area contributed by atoms with E-state index in [4.69, 9.17) is 9.72 Å². The molecule has 1 aromatic heterocycles. The maximum Gasteiger partial charge on any atom is 0.243 e. The first-order valence-corrected chi connectivity index (χ1v) is 11.6. The van der Waals surface area contributed by atoms with Gasteiger partial charge >= 0.3 is 0 Å². The van der Waals surface area contributed by atoms with Crippen molar-refractivity contribution in [1.82, 2.24) is 14.3 Å². The lowest BCUT2D eigenvalue weighted by Crippen LogP contribution is -2.40. The largest absolute Gasteiger partial charge is 0.497 e. The van der Waals surface area contributed by atoms with E-state index in [2.05, 4.69) is 16.8 Å². The summed E-state index contributed by atoms with van der Waals surface area (Å²) in [5.41, 5.74) is 1.93. The van der Waals surface area contributed by atoms with Gasteiger partial charge in [0.15, 0.2) is 0 Å². The molecule has 0 radical (unpaired) electrons. The van der Waals surface area contributed by atoms with E-state index in [1.165, 1.54) is 0 Å². The Bertz CT molecular complexity index is 984. The minimum absolute atomic E-state index is 0.281. The van der Waals surface area contributed by atoms with E-state index >= 15 is 0 Å². The average Bonchev–Trinajstić information content (AvgIpc) is 2.73. The first-order valence-electron chi connectivity index (χ1n) is 10.1. The van der Waals surface area contributed by atoms with Crippen LogP contribution in [0.5, 0.6) is 5.75 Å². The summed E-state index contributed by atoms with van der Waals surface area (Å²) >= 11 is 0. The van der Waals surface area contributed by atoms with Gasteiger partial charge in [0.05, 0.1) is 17.7 Å². The predicted molar refractivity (Wildman–Crippen MR) is 112 cm³/mol. The van der Waals surface area contributed by atoms with Gasteiger partial charge < -0.3 is 9.64 Å². The fourth-order valence-electron chi connectivity index (χ4n) is 4.08. The third kappa shape index (κ3) is 3.96. The summed E-state index contributed by atoms with van der Waals surface area (Å²) in [4.78, 5) is 11.9. The molecule has 8 heteroatoms. The molecule has 1 saturated heterocycles. The topological polar surface area (TPSA) is 75.6 Å². The van der Waals surface area contributed by atoms with Gasteiger partial charge in [0.2, 0.25) is 10.0 Å². The van der Waals surface area contributed by atoms with Gasteiger partial charge in [-0.3, -0.25) is 0 Å². The van der Waals surface area contributed by atoms with Crippen molar-refractivity contribution in [3.8, 4) is 5.75 Å². The Kier molecular flexibility index (Phi) is 5.48. The van der Waals surface area contributed by atoms with E-state index < -0.39 is 10.0 Å². The lowest BCUT2D eigenvalue weighted by Gasteiger charge is -2.35. The molecule has 0 saturated carbocycles. The third-order valence-corrected chi connectivity index (χ3v) is 7.75. The molecule has 2 aliphatic rings. The summed E-state index contributed by atoms with van der Waals surface area (Å²) in [5, 5.41) is 0. The van der Waals surface area contributed by atoms with E-state index in [0.717, 1.165) is 54.7 Å². The number of methoxy groups -OCH3 is 1. The van der Waals surface area contributed by atoms with Gasteiger partial charge in [0.25, 0.3) is 0 Å².